The van der Waals surface area contributed by atoms with Crippen LogP contribution in [0, 0.1) is 6.92 Å². The van der Waals surface area contributed by atoms with Gasteiger partial charge >= 0.3 is 0 Å². The molecule has 0 aromatic heterocycles. The van der Waals surface area contributed by atoms with Crippen LogP contribution in [0.1, 0.15) is 96.0 Å². The number of carbonyl (C=O) groups excluding carboxylic acids is 1. The van der Waals surface area contributed by atoms with Crippen molar-refractivity contribution in [1.29, 1.82) is 0 Å². The van der Waals surface area contributed by atoms with Crippen molar-refractivity contribution in [2.24, 2.45) is 0 Å². The van der Waals surface area contributed by atoms with Crippen molar-refractivity contribution in [3.63, 3.8) is 0 Å². The molecule has 1 aromatic rings. The third kappa shape index (κ3) is 14.1. The first kappa shape index (κ1) is 29.1. The fourth-order valence-electron chi connectivity index (χ4n) is 3.55. The fourth-order valence-corrected chi connectivity index (χ4v) is 4.81. The molecule has 0 spiro atoms. The molecule has 0 aliphatic carbocycles. The van der Waals surface area contributed by atoms with Crippen LogP contribution in [0.15, 0.2) is 53.5 Å². The molecule has 6 heteroatoms. The van der Waals surface area contributed by atoms with Gasteiger partial charge in [-0.3, -0.25) is 4.79 Å². The molecule has 0 saturated heterocycles. The maximum Gasteiger partial charge on any atom is 0.264 e. The molecular weight excluding hydrogens is 434 g/mol. The Morgan fingerprint density at radius 3 is 2.21 bits per heavy atom. The molecule has 1 aromatic carbocycles. The Bertz CT molecular complexity index is 830. The molecule has 0 saturated carbocycles. The number of benzene rings is 1. The highest BCUT2D eigenvalue weighted by molar-refractivity contribution is 7.90. The highest BCUT2D eigenvalue weighted by Crippen LogP contribution is 2.14. The zero-order valence-corrected chi connectivity index (χ0v) is 21.3. The van der Waals surface area contributed by atoms with Crippen molar-refractivity contribution in [2.45, 2.75) is 108 Å². The summed E-state index contributed by atoms with van der Waals surface area (Å²) in [6, 6.07) is 6.64. The van der Waals surface area contributed by atoms with Crippen LogP contribution in [-0.4, -0.2) is 25.5 Å². The lowest BCUT2D eigenvalue weighted by molar-refractivity contribution is -0.119. The summed E-state index contributed by atoms with van der Waals surface area (Å²) in [5.41, 5.74) is 0.621. The van der Waals surface area contributed by atoms with E-state index in [0.29, 0.717) is 12.0 Å². The Labute approximate surface area is 201 Å². The number of carbonyl (C=O) groups is 1. The number of aliphatic hydroxyl groups is 1. The molecule has 1 amide bonds. The normalized spacial score (nSPS) is 13.1. The average molecular weight is 478 g/mol. The van der Waals surface area contributed by atoms with E-state index in [2.05, 4.69) is 29.9 Å². The zero-order valence-electron chi connectivity index (χ0n) is 20.5. The van der Waals surface area contributed by atoms with E-state index >= 15 is 0 Å². The number of aryl methyl sites for hydroxylation is 1. The second-order valence-corrected chi connectivity index (χ2v) is 10.3. The van der Waals surface area contributed by atoms with E-state index < -0.39 is 15.9 Å². The first-order chi connectivity index (χ1) is 15.9. The van der Waals surface area contributed by atoms with Gasteiger partial charge in [0, 0.05) is 6.42 Å². The Kier molecular flexibility index (Phi) is 15.5. The maximum atomic E-state index is 12.3. The summed E-state index contributed by atoms with van der Waals surface area (Å²) in [5, 5.41) is 9.74. The molecule has 5 nitrogen and oxygen atoms in total. The van der Waals surface area contributed by atoms with Gasteiger partial charge < -0.3 is 5.11 Å². The lowest BCUT2D eigenvalue weighted by Crippen LogP contribution is -2.30. The second kappa shape index (κ2) is 17.5. The van der Waals surface area contributed by atoms with E-state index in [1.54, 1.807) is 25.1 Å². The Hall–Kier alpha value is -1.92. The van der Waals surface area contributed by atoms with Crippen molar-refractivity contribution in [3.8, 4) is 0 Å². The molecule has 0 bridgehead atoms. The van der Waals surface area contributed by atoms with Gasteiger partial charge in [-0.2, -0.15) is 0 Å². The van der Waals surface area contributed by atoms with Gasteiger partial charge in [0.25, 0.3) is 10.0 Å². The molecule has 33 heavy (non-hydrogen) atoms. The number of amides is 1. The first-order valence-corrected chi connectivity index (χ1v) is 14.0. The van der Waals surface area contributed by atoms with Crippen molar-refractivity contribution >= 4 is 15.9 Å². The molecule has 186 valence electrons. The predicted octanol–water partition coefficient (Wildman–Crippen LogP) is 6.36. The number of allylic oxidation sites excluding steroid dienone is 3. The Morgan fingerprint density at radius 1 is 0.939 bits per heavy atom. The van der Waals surface area contributed by atoms with Crippen LogP contribution in [0.4, 0.5) is 0 Å². The number of sulfonamides is 1. The molecule has 0 unspecified atom stereocenters. The second-order valence-electron chi connectivity index (χ2n) is 8.64. The summed E-state index contributed by atoms with van der Waals surface area (Å²) >= 11 is 0. The van der Waals surface area contributed by atoms with Crippen molar-refractivity contribution in [3.05, 3.63) is 54.1 Å². The van der Waals surface area contributed by atoms with Crippen molar-refractivity contribution in [1.82, 2.24) is 4.72 Å². The summed E-state index contributed by atoms with van der Waals surface area (Å²) in [4.78, 5) is 12.1. The van der Waals surface area contributed by atoms with Gasteiger partial charge in [-0.1, -0.05) is 81.5 Å². The monoisotopic (exact) mass is 477 g/mol. The Morgan fingerprint density at radius 2 is 1.55 bits per heavy atom. The molecular formula is C27H43NO4S. The van der Waals surface area contributed by atoms with Crippen LogP contribution in [0.3, 0.4) is 0 Å². The molecule has 1 atom stereocenters. The Balaban J connectivity index is 2.02. The molecule has 0 aliphatic heterocycles. The van der Waals surface area contributed by atoms with Crippen LogP contribution >= 0.6 is 0 Å². The molecule has 0 fully saturated rings. The van der Waals surface area contributed by atoms with Crippen LogP contribution in [0.5, 0.6) is 0 Å². The minimum atomic E-state index is -3.80. The van der Waals surface area contributed by atoms with E-state index in [4.69, 9.17) is 0 Å². The van der Waals surface area contributed by atoms with E-state index in [-0.39, 0.29) is 17.4 Å². The molecule has 2 N–H and O–H groups in total. The van der Waals surface area contributed by atoms with Gasteiger partial charge in [0.15, 0.2) is 0 Å². The number of rotatable bonds is 18. The number of aliphatic hydroxyl groups excluding tert-OH is 1. The number of hydrogen-bond acceptors (Lipinski definition) is 4. The molecule has 0 radical (unpaired) electrons. The summed E-state index contributed by atoms with van der Waals surface area (Å²) in [7, 11) is -3.80. The first-order valence-electron chi connectivity index (χ1n) is 12.5. The lowest BCUT2D eigenvalue weighted by Gasteiger charge is -2.08. The summed E-state index contributed by atoms with van der Waals surface area (Å²) in [6.07, 6.45) is 20.8. The number of hydrogen-bond donors (Lipinski definition) is 2. The highest BCUT2D eigenvalue weighted by atomic mass is 32.2. The van der Waals surface area contributed by atoms with Crippen molar-refractivity contribution < 1.29 is 18.3 Å². The fraction of sp³-hybridized carbons (Fsp3) is 0.593. The van der Waals surface area contributed by atoms with Gasteiger partial charge in [0.1, 0.15) is 0 Å². The van der Waals surface area contributed by atoms with Gasteiger partial charge in [-0.25, -0.2) is 13.1 Å². The number of unbranched alkanes of at least 4 members (excludes halogenated alkanes) is 8. The van der Waals surface area contributed by atoms with Crippen LogP contribution in [0.25, 0.3) is 0 Å². The highest BCUT2D eigenvalue weighted by Gasteiger charge is 2.18. The van der Waals surface area contributed by atoms with E-state index in [1.165, 1.54) is 31.7 Å². The van der Waals surface area contributed by atoms with E-state index in [0.717, 1.165) is 44.9 Å². The van der Waals surface area contributed by atoms with E-state index in [1.807, 2.05) is 6.08 Å². The molecule has 1 rings (SSSR count). The summed E-state index contributed by atoms with van der Waals surface area (Å²) in [6.45, 7) is 3.85. The predicted molar refractivity (Wildman–Crippen MR) is 136 cm³/mol. The minimum absolute atomic E-state index is 0.149. The quantitative estimate of drug-likeness (QED) is 0.190. The SMILES string of the molecule is CCCC[C@@H](O)/C=C\CCCCCCC/C=C\CCCC(=O)NS(=O)(=O)c1ccccc1C. The topological polar surface area (TPSA) is 83.5 Å². The zero-order chi connectivity index (χ0) is 24.4. The lowest BCUT2D eigenvalue weighted by atomic mass is 10.1. The largest absolute Gasteiger partial charge is 0.389 e. The minimum Gasteiger partial charge on any atom is -0.389 e. The number of nitrogens with one attached hydrogen (secondary N) is 1. The van der Waals surface area contributed by atoms with Crippen LogP contribution < -0.4 is 4.72 Å². The van der Waals surface area contributed by atoms with Gasteiger partial charge in [0.2, 0.25) is 5.91 Å². The third-order valence-electron chi connectivity index (χ3n) is 5.53. The smallest absolute Gasteiger partial charge is 0.264 e. The van der Waals surface area contributed by atoms with Crippen LogP contribution in [0.2, 0.25) is 0 Å². The molecule has 0 heterocycles. The van der Waals surface area contributed by atoms with Gasteiger partial charge in [-0.15, -0.1) is 0 Å². The van der Waals surface area contributed by atoms with E-state index in [9.17, 15) is 18.3 Å². The summed E-state index contributed by atoms with van der Waals surface area (Å²) < 4.78 is 26.8. The van der Waals surface area contributed by atoms with Gasteiger partial charge in [-0.05, 0) is 63.5 Å². The standard InChI is InChI=1S/C27H43NO4S/c1-3-4-20-25(29)21-15-13-11-9-7-5-6-8-10-12-14-16-23-27(30)28-33(31,32)26-22-18-17-19-24(26)2/h10,12,15,17-19,21-22,25,29H,3-9,11,13-14,16,20,23H2,1-2H3,(H,28,30)/b12-10-,21-15-/t25-/m1/s1. The molecule has 0 aliphatic rings. The van der Waals surface area contributed by atoms with Crippen molar-refractivity contribution in [2.75, 3.05) is 0 Å². The third-order valence-corrected chi connectivity index (χ3v) is 7.06. The summed E-state index contributed by atoms with van der Waals surface area (Å²) in [5.74, 6) is -0.461. The maximum absolute atomic E-state index is 12.3. The van der Waals surface area contributed by atoms with Crippen LogP contribution in [-0.2, 0) is 14.8 Å². The average Bonchev–Trinajstić information content (AvgIpc) is 2.77. The van der Waals surface area contributed by atoms with Gasteiger partial charge in [0.05, 0.1) is 11.0 Å².